The monoisotopic (exact) mass is 244 g/mol. The Hall–Kier alpha value is -1.73. The van der Waals surface area contributed by atoms with Gasteiger partial charge in [-0.15, -0.1) is 0 Å². The summed E-state index contributed by atoms with van der Waals surface area (Å²) >= 11 is 0. The van der Waals surface area contributed by atoms with Crippen molar-refractivity contribution < 1.29 is 24.2 Å². The third kappa shape index (κ3) is 8.12. The van der Waals surface area contributed by atoms with Gasteiger partial charge in [-0.25, -0.2) is 4.79 Å². The fourth-order valence-electron chi connectivity index (χ4n) is 1.00. The van der Waals surface area contributed by atoms with Gasteiger partial charge in [0.2, 0.25) is 0 Å². The summed E-state index contributed by atoms with van der Waals surface area (Å²) in [5, 5.41) is 13.5. The van der Waals surface area contributed by atoms with E-state index in [2.05, 4.69) is 10.1 Å². The van der Waals surface area contributed by atoms with Gasteiger partial charge in [0.05, 0.1) is 13.7 Å². The standard InChI is InChI=1S/C10H16N2O5/c1-17-10(16)12-9(15)3-2-8(4-6-13)11-5-7-14/h2-3,7-8,11,13H,4-6H2,1H3,(H,12,15,16). The number of carbonyl (C=O) groups is 3. The number of aliphatic hydroxyl groups excluding tert-OH is 1. The average molecular weight is 244 g/mol. The van der Waals surface area contributed by atoms with E-state index in [4.69, 9.17) is 5.11 Å². The number of rotatable bonds is 7. The van der Waals surface area contributed by atoms with Crippen molar-refractivity contribution in [1.82, 2.24) is 10.6 Å². The molecule has 0 aromatic carbocycles. The van der Waals surface area contributed by atoms with E-state index in [0.717, 1.165) is 13.2 Å². The van der Waals surface area contributed by atoms with Crippen molar-refractivity contribution in [3.8, 4) is 0 Å². The summed E-state index contributed by atoms with van der Waals surface area (Å²) in [6.07, 6.45) is 2.77. The molecule has 2 amide bonds. The number of hydrogen-bond acceptors (Lipinski definition) is 6. The van der Waals surface area contributed by atoms with Crippen LogP contribution in [0.15, 0.2) is 12.2 Å². The third-order valence-electron chi connectivity index (χ3n) is 1.79. The second-order valence-corrected chi connectivity index (χ2v) is 3.03. The van der Waals surface area contributed by atoms with E-state index in [0.29, 0.717) is 12.7 Å². The first-order valence-corrected chi connectivity index (χ1v) is 4.99. The molecular formula is C10H16N2O5. The molecule has 0 aliphatic rings. The molecule has 1 unspecified atom stereocenters. The first-order valence-electron chi connectivity index (χ1n) is 4.99. The molecule has 3 N–H and O–H groups in total. The molecule has 0 radical (unpaired) electrons. The predicted octanol–water partition coefficient (Wildman–Crippen LogP) is -1.04. The number of methoxy groups -OCH3 is 1. The zero-order valence-electron chi connectivity index (χ0n) is 9.51. The van der Waals surface area contributed by atoms with Gasteiger partial charge in [-0.05, 0) is 6.42 Å². The van der Waals surface area contributed by atoms with Crippen LogP contribution in [0.25, 0.3) is 0 Å². The lowest BCUT2D eigenvalue weighted by molar-refractivity contribution is -0.115. The maximum absolute atomic E-state index is 11.1. The molecule has 0 fully saturated rings. The van der Waals surface area contributed by atoms with Crippen LogP contribution >= 0.6 is 0 Å². The lowest BCUT2D eigenvalue weighted by Crippen LogP contribution is -2.32. The molecule has 0 aromatic rings. The van der Waals surface area contributed by atoms with Gasteiger partial charge in [0.15, 0.2) is 0 Å². The van der Waals surface area contributed by atoms with E-state index in [-0.39, 0.29) is 19.2 Å². The minimum Gasteiger partial charge on any atom is -0.453 e. The smallest absolute Gasteiger partial charge is 0.413 e. The number of nitrogens with one attached hydrogen (secondary N) is 2. The second kappa shape index (κ2) is 9.49. The number of aldehydes is 1. The topological polar surface area (TPSA) is 105 Å². The Balaban J connectivity index is 4.17. The molecule has 7 heteroatoms. The summed E-state index contributed by atoms with van der Waals surface area (Å²) in [5.41, 5.74) is 0. The SMILES string of the molecule is COC(=O)NC(=O)C=CC(CCO)NCC=O. The average Bonchev–Trinajstić information content (AvgIpc) is 2.32. The summed E-state index contributed by atoms with van der Waals surface area (Å²) < 4.78 is 4.23. The first kappa shape index (κ1) is 15.3. The van der Waals surface area contributed by atoms with Crippen molar-refractivity contribution in [2.24, 2.45) is 0 Å². The molecule has 0 bridgehead atoms. The predicted molar refractivity (Wildman–Crippen MR) is 59.2 cm³/mol. The fourth-order valence-corrected chi connectivity index (χ4v) is 1.00. The van der Waals surface area contributed by atoms with E-state index < -0.39 is 12.0 Å². The molecule has 0 spiro atoms. The number of amides is 2. The molecule has 1 atom stereocenters. The Morgan fingerprint density at radius 2 is 2.18 bits per heavy atom. The Kier molecular flexibility index (Phi) is 8.53. The summed E-state index contributed by atoms with van der Waals surface area (Å²) in [6, 6.07) is -0.311. The van der Waals surface area contributed by atoms with Gasteiger partial charge < -0.3 is 20.0 Å². The van der Waals surface area contributed by atoms with Crippen LogP contribution in [0.5, 0.6) is 0 Å². The van der Waals surface area contributed by atoms with Gasteiger partial charge in [-0.2, -0.15) is 0 Å². The van der Waals surface area contributed by atoms with Crippen molar-refractivity contribution in [2.75, 3.05) is 20.3 Å². The third-order valence-corrected chi connectivity index (χ3v) is 1.79. The summed E-state index contributed by atoms with van der Waals surface area (Å²) in [7, 11) is 1.15. The van der Waals surface area contributed by atoms with Crippen molar-refractivity contribution in [2.45, 2.75) is 12.5 Å². The molecule has 7 nitrogen and oxygen atoms in total. The maximum Gasteiger partial charge on any atom is 0.413 e. The minimum absolute atomic E-state index is 0.0838. The Morgan fingerprint density at radius 1 is 1.47 bits per heavy atom. The van der Waals surface area contributed by atoms with Crippen molar-refractivity contribution >= 4 is 18.3 Å². The highest BCUT2D eigenvalue weighted by molar-refractivity contribution is 5.98. The number of alkyl carbamates (subject to hydrolysis) is 1. The van der Waals surface area contributed by atoms with Crippen LogP contribution in [-0.2, 0) is 14.3 Å². The molecule has 0 saturated heterocycles. The summed E-state index contributed by atoms with van der Waals surface area (Å²) in [4.78, 5) is 32.0. The minimum atomic E-state index is -0.848. The highest BCUT2D eigenvalue weighted by Gasteiger charge is 2.06. The van der Waals surface area contributed by atoms with Gasteiger partial charge in [0.25, 0.3) is 5.91 Å². The quantitative estimate of drug-likeness (QED) is 0.390. The normalized spacial score (nSPS) is 12.1. The fraction of sp³-hybridized carbons (Fsp3) is 0.500. The highest BCUT2D eigenvalue weighted by Crippen LogP contribution is 1.93. The van der Waals surface area contributed by atoms with Crippen LogP contribution in [0.3, 0.4) is 0 Å². The first-order chi connectivity index (χ1) is 8.13. The largest absolute Gasteiger partial charge is 0.453 e. The van der Waals surface area contributed by atoms with Crippen molar-refractivity contribution in [3.63, 3.8) is 0 Å². The summed E-state index contributed by atoms with van der Waals surface area (Å²) in [6.45, 7) is 0.0348. The molecule has 0 saturated carbocycles. The van der Waals surface area contributed by atoms with E-state index in [1.165, 1.54) is 6.08 Å². The Labute approximate surface area is 98.8 Å². The number of imide groups is 1. The zero-order valence-corrected chi connectivity index (χ0v) is 9.51. The van der Waals surface area contributed by atoms with Gasteiger partial charge in [-0.3, -0.25) is 10.1 Å². The zero-order chi connectivity index (χ0) is 13.1. The van der Waals surface area contributed by atoms with E-state index in [1.54, 1.807) is 0 Å². The molecule has 17 heavy (non-hydrogen) atoms. The molecular weight excluding hydrogens is 228 g/mol. The van der Waals surface area contributed by atoms with Crippen LogP contribution in [0.4, 0.5) is 4.79 Å². The highest BCUT2D eigenvalue weighted by atomic mass is 16.5. The second-order valence-electron chi connectivity index (χ2n) is 3.03. The van der Waals surface area contributed by atoms with Gasteiger partial charge in [-0.1, -0.05) is 6.08 Å². The molecule has 96 valence electrons. The van der Waals surface area contributed by atoms with E-state index in [1.807, 2.05) is 5.32 Å². The van der Waals surface area contributed by atoms with Gasteiger partial charge in [0.1, 0.15) is 6.29 Å². The van der Waals surface area contributed by atoms with Gasteiger partial charge >= 0.3 is 6.09 Å². The number of aliphatic hydroxyl groups is 1. The number of carbonyl (C=O) groups excluding carboxylic acids is 3. The number of ether oxygens (including phenoxy) is 1. The van der Waals surface area contributed by atoms with Crippen molar-refractivity contribution in [1.29, 1.82) is 0 Å². The van der Waals surface area contributed by atoms with Crippen LogP contribution in [-0.4, -0.2) is 49.7 Å². The molecule has 0 rings (SSSR count). The molecule has 0 heterocycles. The van der Waals surface area contributed by atoms with Gasteiger partial charge in [0, 0.05) is 18.7 Å². The van der Waals surface area contributed by atoms with Crippen LogP contribution in [0.1, 0.15) is 6.42 Å². The summed E-state index contributed by atoms with van der Waals surface area (Å²) in [5.74, 6) is -0.632. The van der Waals surface area contributed by atoms with E-state index >= 15 is 0 Å². The van der Waals surface area contributed by atoms with Crippen LogP contribution in [0.2, 0.25) is 0 Å². The Morgan fingerprint density at radius 3 is 2.71 bits per heavy atom. The van der Waals surface area contributed by atoms with Crippen LogP contribution in [0, 0.1) is 0 Å². The molecule has 0 aliphatic heterocycles. The molecule has 0 aromatic heterocycles. The number of hydrogen-bond donors (Lipinski definition) is 3. The lowest BCUT2D eigenvalue weighted by atomic mass is 10.2. The van der Waals surface area contributed by atoms with E-state index in [9.17, 15) is 14.4 Å². The molecule has 0 aliphatic carbocycles. The maximum atomic E-state index is 11.1. The van der Waals surface area contributed by atoms with Crippen LogP contribution < -0.4 is 10.6 Å². The van der Waals surface area contributed by atoms with Crippen molar-refractivity contribution in [3.05, 3.63) is 12.2 Å². The Bertz CT molecular complexity index is 290. The lowest BCUT2D eigenvalue weighted by Gasteiger charge is -2.10.